The van der Waals surface area contributed by atoms with E-state index in [-0.39, 0.29) is 17.4 Å². The Kier molecular flexibility index (Phi) is 3.36. The lowest BCUT2D eigenvalue weighted by Crippen LogP contribution is -2.11. The van der Waals surface area contributed by atoms with E-state index in [9.17, 15) is 9.18 Å². The van der Waals surface area contributed by atoms with E-state index >= 15 is 0 Å². The number of amides is 1. The molecule has 94 valence electrons. The van der Waals surface area contributed by atoms with Crippen molar-refractivity contribution in [3.8, 4) is 0 Å². The number of aromatic nitrogens is 2. The monoisotopic (exact) mass is 249 g/mol. The minimum absolute atomic E-state index is 0.215. The Bertz CT molecular complexity index is 549. The first-order valence-electron chi connectivity index (χ1n) is 5.46. The van der Waals surface area contributed by atoms with Gasteiger partial charge in [0.1, 0.15) is 0 Å². The number of hydrogen-bond donors (Lipinski definition) is 1. The summed E-state index contributed by atoms with van der Waals surface area (Å²) in [6, 6.07) is 4.12. The SMILES string of the molecule is CC(C)c1cc(NC(=O)c2ccc(F)nc2)on1. The second kappa shape index (κ2) is 4.95. The van der Waals surface area contributed by atoms with Crippen LogP contribution in [0.3, 0.4) is 0 Å². The Hall–Kier alpha value is -2.24. The van der Waals surface area contributed by atoms with Gasteiger partial charge in [-0.25, -0.2) is 4.98 Å². The molecule has 0 saturated heterocycles. The molecule has 6 heteroatoms. The molecule has 0 atom stereocenters. The number of carbonyl (C=O) groups is 1. The molecule has 0 aliphatic rings. The highest BCUT2D eigenvalue weighted by atomic mass is 19.1. The molecule has 0 radical (unpaired) electrons. The third kappa shape index (κ3) is 2.71. The van der Waals surface area contributed by atoms with E-state index in [0.717, 1.165) is 18.0 Å². The van der Waals surface area contributed by atoms with Gasteiger partial charge in [-0.3, -0.25) is 10.1 Å². The van der Waals surface area contributed by atoms with Gasteiger partial charge in [-0.05, 0) is 18.1 Å². The predicted molar refractivity (Wildman–Crippen MR) is 62.7 cm³/mol. The molecule has 18 heavy (non-hydrogen) atoms. The smallest absolute Gasteiger partial charge is 0.259 e. The second-order valence-electron chi connectivity index (χ2n) is 4.09. The number of hydrogen-bond acceptors (Lipinski definition) is 4. The molecular formula is C12H12FN3O2. The highest BCUT2D eigenvalue weighted by Crippen LogP contribution is 2.17. The van der Waals surface area contributed by atoms with E-state index in [0.29, 0.717) is 0 Å². The van der Waals surface area contributed by atoms with Crippen LogP contribution in [0.25, 0.3) is 0 Å². The van der Waals surface area contributed by atoms with E-state index in [4.69, 9.17) is 4.52 Å². The zero-order valence-corrected chi connectivity index (χ0v) is 9.98. The molecule has 0 fully saturated rings. The molecule has 0 saturated carbocycles. The average molecular weight is 249 g/mol. The minimum Gasteiger partial charge on any atom is -0.338 e. The number of carbonyl (C=O) groups excluding carboxylic acids is 1. The lowest BCUT2D eigenvalue weighted by molar-refractivity contribution is 0.102. The third-order valence-electron chi connectivity index (χ3n) is 2.35. The van der Waals surface area contributed by atoms with Crippen molar-refractivity contribution >= 4 is 11.8 Å². The van der Waals surface area contributed by atoms with Crippen LogP contribution in [0, 0.1) is 5.95 Å². The van der Waals surface area contributed by atoms with Gasteiger partial charge in [0.05, 0.1) is 11.3 Å². The van der Waals surface area contributed by atoms with Crippen LogP contribution in [-0.4, -0.2) is 16.0 Å². The lowest BCUT2D eigenvalue weighted by atomic mass is 10.1. The zero-order valence-electron chi connectivity index (χ0n) is 9.98. The summed E-state index contributed by atoms with van der Waals surface area (Å²) in [5, 5.41) is 6.33. The van der Waals surface area contributed by atoms with E-state index in [2.05, 4.69) is 15.5 Å². The topological polar surface area (TPSA) is 68.0 Å². The van der Waals surface area contributed by atoms with E-state index < -0.39 is 11.9 Å². The quantitative estimate of drug-likeness (QED) is 0.849. The highest BCUT2D eigenvalue weighted by molar-refractivity contribution is 6.03. The van der Waals surface area contributed by atoms with Gasteiger partial charge in [0.25, 0.3) is 5.91 Å². The maximum absolute atomic E-state index is 12.6. The van der Waals surface area contributed by atoms with Crippen molar-refractivity contribution in [2.45, 2.75) is 19.8 Å². The molecule has 2 aromatic heterocycles. The zero-order chi connectivity index (χ0) is 13.1. The summed E-state index contributed by atoms with van der Waals surface area (Å²) in [4.78, 5) is 15.1. The summed E-state index contributed by atoms with van der Waals surface area (Å²) in [5.41, 5.74) is 1.00. The largest absolute Gasteiger partial charge is 0.338 e. The summed E-state index contributed by atoms with van der Waals surface area (Å²) < 4.78 is 17.6. The fraction of sp³-hybridized carbons (Fsp3) is 0.250. The van der Waals surface area contributed by atoms with Gasteiger partial charge in [-0.2, -0.15) is 4.39 Å². The van der Waals surface area contributed by atoms with Crippen LogP contribution in [0.2, 0.25) is 0 Å². The summed E-state index contributed by atoms with van der Waals surface area (Å²) in [7, 11) is 0. The van der Waals surface area contributed by atoms with Gasteiger partial charge in [-0.15, -0.1) is 0 Å². The molecule has 2 aromatic rings. The van der Waals surface area contributed by atoms with Crippen LogP contribution in [0.1, 0.15) is 35.8 Å². The number of pyridine rings is 1. The normalized spacial score (nSPS) is 10.7. The maximum atomic E-state index is 12.6. The van der Waals surface area contributed by atoms with E-state index in [1.807, 2.05) is 13.8 Å². The van der Waals surface area contributed by atoms with Crippen molar-refractivity contribution in [2.24, 2.45) is 0 Å². The summed E-state index contributed by atoms with van der Waals surface area (Å²) in [5.74, 6) is -0.581. The molecule has 0 aliphatic heterocycles. The number of halogens is 1. The first-order chi connectivity index (χ1) is 8.56. The molecular weight excluding hydrogens is 237 g/mol. The number of nitrogens with zero attached hydrogens (tertiary/aromatic N) is 2. The third-order valence-corrected chi connectivity index (χ3v) is 2.35. The van der Waals surface area contributed by atoms with Crippen molar-refractivity contribution < 1.29 is 13.7 Å². The minimum atomic E-state index is -0.631. The Morgan fingerprint density at radius 2 is 2.22 bits per heavy atom. The Morgan fingerprint density at radius 1 is 1.44 bits per heavy atom. The molecule has 5 nitrogen and oxygen atoms in total. The Labute approximate surface area is 103 Å². The van der Waals surface area contributed by atoms with Crippen LogP contribution < -0.4 is 5.32 Å². The van der Waals surface area contributed by atoms with Gasteiger partial charge in [-0.1, -0.05) is 19.0 Å². The highest BCUT2D eigenvalue weighted by Gasteiger charge is 2.12. The number of nitrogens with one attached hydrogen (secondary N) is 1. The van der Waals surface area contributed by atoms with Gasteiger partial charge in [0.2, 0.25) is 11.8 Å². The molecule has 1 amide bonds. The van der Waals surface area contributed by atoms with Crippen LogP contribution >= 0.6 is 0 Å². The Balaban J connectivity index is 2.08. The summed E-state index contributed by atoms with van der Waals surface area (Å²) in [6.45, 7) is 3.93. The molecule has 2 rings (SSSR count). The van der Waals surface area contributed by atoms with Crippen molar-refractivity contribution in [2.75, 3.05) is 5.32 Å². The standard InChI is InChI=1S/C12H12FN3O2/c1-7(2)9-5-11(18-16-9)15-12(17)8-3-4-10(13)14-6-8/h3-7H,1-2H3,(H,15,17). The molecule has 0 aliphatic carbocycles. The predicted octanol–water partition coefficient (Wildman–Crippen LogP) is 2.58. The van der Waals surface area contributed by atoms with Crippen molar-refractivity contribution in [3.63, 3.8) is 0 Å². The number of rotatable bonds is 3. The fourth-order valence-electron chi connectivity index (χ4n) is 1.31. The molecule has 0 bridgehead atoms. The van der Waals surface area contributed by atoms with Crippen LogP contribution in [0.5, 0.6) is 0 Å². The molecule has 2 heterocycles. The van der Waals surface area contributed by atoms with Gasteiger partial charge in [0.15, 0.2) is 0 Å². The van der Waals surface area contributed by atoms with Crippen molar-refractivity contribution in [1.82, 2.24) is 10.1 Å². The Morgan fingerprint density at radius 3 is 2.78 bits per heavy atom. The maximum Gasteiger partial charge on any atom is 0.259 e. The molecule has 0 aromatic carbocycles. The van der Waals surface area contributed by atoms with Gasteiger partial charge >= 0.3 is 0 Å². The average Bonchev–Trinajstić information content (AvgIpc) is 2.78. The van der Waals surface area contributed by atoms with Gasteiger partial charge < -0.3 is 4.52 Å². The van der Waals surface area contributed by atoms with Crippen LogP contribution in [0.4, 0.5) is 10.3 Å². The summed E-state index contributed by atoms with van der Waals surface area (Å²) >= 11 is 0. The van der Waals surface area contributed by atoms with Crippen molar-refractivity contribution in [1.29, 1.82) is 0 Å². The first-order valence-corrected chi connectivity index (χ1v) is 5.46. The fourth-order valence-corrected chi connectivity index (χ4v) is 1.31. The van der Waals surface area contributed by atoms with E-state index in [1.165, 1.54) is 6.07 Å². The second-order valence-corrected chi connectivity index (χ2v) is 4.09. The lowest BCUT2D eigenvalue weighted by Gasteiger charge is -1.99. The molecule has 0 unspecified atom stereocenters. The van der Waals surface area contributed by atoms with Crippen LogP contribution in [-0.2, 0) is 0 Å². The summed E-state index contributed by atoms with van der Waals surface area (Å²) in [6.07, 6.45) is 1.16. The van der Waals surface area contributed by atoms with E-state index in [1.54, 1.807) is 6.07 Å². The molecule has 0 spiro atoms. The number of anilines is 1. The van der Waals surface area contributed by atoms with Crippen molar-refractivity contribution in [3.05, 3.63) is 41.6 Å². The molecule has 1 N–H and O–H groups in total. The first kappa shape index (κ1) is 12.2. The van der Waals surface area contributed by atoms with Crippen LogP contribution in [0.15, 0.2) is 28.9 Å². The van der Waals surface area contributed by atoms with Gasteiger partial charge in [0, 0.05) is 12.3 Å².